The number of hydrogen-bond acceptors (Lipinski definition) is 9. The van der Waals surface area contributed by atoms with Crippen LogP contribution in [0.3, 0.4) is 0 Å². The molecule has 236 valence electrons. The van der Waals surface area contributed by atoms with E-state index >= 15 is 0 Å². The Labute approximate surface area is 274 Å². The first-order valence-corrected chi connectivity index (χ1v) is 17.7. The molecule has 0 aliphatic carbocycles. The average Bonchev–Trinajstić information content (AvgIpc) is 3.52. The van der Waals surface area contributed by atoms with Crippen LogP contribution in [0.2, 0.25) is 0 Å². The van der Waals surface area contributed by atoms with E-state index in [4.69, 9.17) is 14.5 Å². The number of sulfonamides is 1. The predicted octanol–water partition coefficient (Wildman–Crippen LogP) is 8.11. The molecule has 5 aromatic rings. The maximum atomic E-state index is 13.5. The van der Waals surface area contributed by atoms with E-state index in [2.05, 4.69) is 31.2 Å². The summed E-state index contributed by atoms with van der Waals surface area (Å²) in [6.07, 6.45) is 2.08. The van der Waals surface area contributed by atoms with E-state index in [9.17, 15) is 12.8 Å². The van der Waals surface area contributed by atoms with Gasteiger partial charge in [-0.25, -0.2) is 27.8 Å². The van der Waals surface area contributed by atoms with Crippen molar-refractivity contribution in [1.82, 2.24) is 19.3 Å². The van der Waals surface area contributed by atoms with Crippen LogP contribution < -0.4 is 14.8 Å². The summed E-state index contributed by atoms with van der Waals surface area (Å²) in [6.45, 7) is 6.06. The molecule has 0 aliphatic heterocycles. The van der Waals surface area contributed by atoms with Gasteiger partial charge in [-0.15, -0.1) is 11.3 Å². The van der Waals surface area contributed by atoms with Crippen LogP contribution in [0.25, 0.3) is 22.2 Å². The van der Waals surface area contributed by atoms with Gasteiger partial charge in [-0.05, 0) is 71.2 Å². The monoisotopic (exact) mass is 713 g/mol. The molecule has 0 spiro atoms. The van der Waals surface area contributed by atoms with E-state index < -0.39 is 10.0 Å². The van der Waals surface area contributed by atoms with Crippen LogP contribution in [-0.2, 0) is 16.6 Å². The Morgan fingerprint density at radius 1 is 1.07 bits per heavy atom. The molecule has 3 aromatic carbocycles. The first-order valence-electron chi connectivity index (χ1n) is 14.4. The zero-order valence-electron chi connectivity index (χ0n) is 25.3. The molecule has 2 aromatic heterocycles. The van der Waals surface area contributed by atoms with Crippen molar-refractivity contribution in [2.45, 2.75) is 39.8 Å². The third-order valence-corrected chi connectivity index (χ3v) is 10.8. The molecular formula is C32H33BrFN5O4S2. The van der Waals surface area contributed by atoms with Crippen molar-refractivity contribution >= 4 is 59.7 Å². The van der Waals surface area contributed by atoms with Gasteiger partial charge in [0.05, 0.1) is 34.6 Å². The van der Waals surface area contributed by atoms with E-state index in [0.717, 1.165) is 31.7 Å². The Bertz CT molecular complexity index is 1920. The number of thiazole rings is 1. The van der Waals surface area contributed by atoms with Crippen LogP contribution in [0.4, 0.5) is 15.9 Å². The molecule has 45 heavy (non-hydrogen) atoms. The molecule has 5 rings (SSSR count). The largest absolute Gasteiger partial charge is 0.496 e. The van der Waals surface area contributed by atoms with Crippen molar-refractivity contribution in [1.29, 1.82) is 0 Å². The quantitative estimate of drug-likeness (QED) is 0.130. The molecule has 9 nitrogen and oxygen atoms in total. The summed E-state index contributed by atoms with van der Waals surface area (Å²) in [5, 5.41) is 6.77. The predicted molar refractivity (Wildman–Crippen MR) is 180 cm³/mol. The number of methoxy groups -OCH3 is 1. The summed E-state index contributed by atoms with van der Waals surface area (Å²) in [5.41, 5.74) is 3.58. The second kappa shape index (κ2) is 14.2. The van der Waals surface area contributed by atoms with Crippen LogP contribution in [-0.4, -0.2) is 47.1 Å². The highest BCUT2D eigenvalue weighted by Gasteiger charge is 2.30. The van der Waals surface area contributed by atoms with Gasteiger partial charge in [-0.1, -0.05) is 26.0 Å². The van der Waals surface area contributed by atoms with Crippen LogP contribution in [0, 0.1) is 5.82 Å². The van der Waals surface area contributed by atoms with Gasteiger partial charge in [-0.2, -0.15) is 4.31 Å². The third-order valence-electron chi connectivity index (χ3n) is 7.29. The number of hydrogen-bond donors (Lipinski definition) is 1. The van der Waals surface area contributed by atoms with Crippen molar-refractivity contribution in [2.75, 3.05) is 24.7 Å². The molecule has 2 heterocycles. The number of ether oxygens (including phenoxy) is 2. The van der Waals surface area contributed by atoms with Crippen LogP contribution in [0.5, 0.6) is 11.5 Å². The van der Waals surface area contributed by atoms with E-state index in [1.807, 2.05) is 55.6 Å². The molecule has 1 N–H and O–H groups in total. The number of halogens is 2. The van der Waals surface area contributed by atoms with Gasteiger partial charge in [0.1, 0.15) is 41.1 Å². The summed E-state index contributed by atoms with van der Waals surface area (Å²) >= 11 is 5.00. The van der Waals surface area contributed by atoms with Crippen molar-refractivity contribution in [3.05, 3.63) is 87.2 Å². The second-order valence-electron chi connectivity index (χ2n) is 10.1. The fourth-order valence-corrected chi connectivity index (χ4v) is 7.95. The number of anilines is 2. The lowest BCUT2D eigenvalue weighted by atomic mass is 10.1. The first kappa shape index (κ1) is 32.7. The first-order chi connectivity index (χ1) is 21.7. The molecule has 0 saturated heterocycles. The molecule has 1 atom stereocenters. The number of benzene rings is 3. The fourth-order valence-electron chi connectivity index (χ4n) is 5.02. The molecule has 13 heteroatoms. The zero-order valence-corrected chi connectivity index (χ0v) is 28.5. The molecular weight excluding hydrogens is 681 g/mol. The maximum absolute atomic E-state index is 13.5. The molecule has 0 bridgehead atoms. The van der Waals surface area contributed by atoms with E-state index in [0.29, 0.717) is 41.5 Å². The number of fused-ring (bicyclic) bond motifs is 1. The van der Waals surface area contributed by atoms with Crippen molar-refractivity contribution in [3.8, 4) is 22.8 Å². The Balaban J connectivity index is 1.44. The number of nitrogens with zero attached hydrogens (tertiary/aromatic N) is 4. The van der Waals surface area contributed by atoms with E-state index in [-0.39, 0.29) is 24.2 Å². The van der Waals surface area contributed by atoms with Crippen LogP contribution in [0.1, 0.15) is 43.8 Å². The van der Waals surface area contributed by atoms with Crippen molar-refractivity contribution in [2.24, 2.45) is 0 Å². The minimum absolute atomic E-state index is 0.0328. The lowest BCUT2D eigenvalue weighted by Gasteiger charge is -2.27. The highest BCUT2D eigenvalue weighted by molar-refractivity contribution is 9.10. The highest BCUT2D eigenvalue weighted by Crippen LogP contribution is 2.39. The minimum atomic E-state index is -3.40. The smallest absolute Gasteiger partial charge is 0.214 e. The van der Waals surface area contributed by atoms with Gasteiger partial charge >= 0.3 is 0 Å². The van der Waals surface area contributed by atoms with E-state index in [1.165, 1.54) is 34.1 Å². The summed E-state index contributed by atoms with van der Waals surface area (Å²) in [7, 11) is -1.81. The number of nitrogens with one attached hydrogen (secondary N) is 1. The van der Waals surface area contributed by atoms with Crippen LogP contribution in [0.15, 0.2) is 70.8 Å². The summed E-state index contributed by atoms with van der Waals surface area (Å²) in [5.74, 6) is 1.51. The Kier molecular flexibility index (Phi) is 10.3. The lowest BCUT2D eigenvalue weighted by molar-refractivity contribution is 0.303. The summed E-state index contributed by atoms with van der Waals surface area (Å²) < 4.78 is 53.0. The molecule has 1 unspecified atom stereocenters. The van der Waals surface area contributed by atoms with Gasteiger partial charge in [0.15, 0.2) is 0 Å². The topological polar surface area (TPSA) is 107 Å². The van der Waals surface area contributed by atoms with Gasteiger partial charge in [0.2, 0.25) is 10.0 Å². The van der Waals surface area contributed by atoms with Crippen molar-refractivity contribution < 1.29 is 22.3 Å². The third kappa shape index (κ3) is 7.27. The molecule has 0 radical (unpaired) electrons. The number of rotatable bonds is 13. The molecule has 0 amide bonds. The summed E-state index contributed by atoms with van der Waals surface area (Å²) in [4.78, 5) is 13.9. The van der Waals surface area contributed by atoms with Crippen LogP contribution >= 0.6 is 27.3 Å². The Hall–Kier alpha value is -3.65. The van der Waals surface area contributed by atoms with Gasteiger partial charge < -0.3 is 14.8 Å². The summed E-state index contributed by atoms with van der Waals surface area (Å²) in [6, 6.07) is 15.3. The van der Waals surface area contributed by atoms with Gasteiger partial charge in [0.25, 0.3) is 0 Å². The molecule has 0 saturated carbocycles. The second-order valence-corrected chi connectivity index (χ2v) is 14.0. The Morgan fingerprint density at radius 2 is 1.89 bits per heavy atom. The van der Waals surface area contributed by atoms with E-state index in [1.54, 1.807) is 20.1 Å². The highest BCUT2D eigenvalue weighted by atomic mass is 79.9. The fraction of sp³-hybridized carbons (Fsp3) is 0.281. The Morgan fingerprint density at radius 3 is 2.58 bits per heavy atom. The van der Waals surface area contributed by atoms with Gasteiger partial charge in [0, 0.05) is 34.6 Å². The number of aromatic nitrogens is 3. The van der Waals surface area contributed by atoms with Gasteiger partial charge in [-0.3, -0.25) is 0 Å². The zero-order chi connectivity index (χ0) is 32.1. The van der Waals surface area contributed by atoms with Crippen molar-refractivity contribution in [3.63, 3.8) is 0 Å². The normalized spacial score (nSPS) is 12.4. The average molecular weight is 715 g/mol. The minimum Gasteiger partial charge on any atom is -0.496 e. The molecule has 0 aliphatic rings. The maximum Gasteiger partial charge on any atom is 0.214 e. The SMILES string of the molecule is CCC(c1nc(-c2cc3c(Nc4ccc(OCc5cccc(F)c5)c(Br)c4)ncnc3cc2OC)cs1)N(CC)S(=O)(=O)CC. The lowest BCUT2D eigenvalue weighted by Crippen LogP contribution is -2.35. The standard InChI is InChI=1S/C32H33BrFN5O4S2/c1-5-28(39(6-2)45(40,41)7-3)32-38-27(18-44-32)23-15-24-26(16-30(23)42-4)35-19-36-31(24)37-22-11-12-29(25(33)14-22)43-17-20-9-8-10-21(34)13-20/h8-16,18-19,28H,5-7,17H2,1-4H3,(H,35,36,37). The molecule has 0 fully saturated rings.